The van der Waals surface area contributed by atoms with Crippen molar-refractivity contribution in [3.8, 4) is 11.5 Å². The molecule has 1 fully saturated rings. The van der Waals surface area contributed by atoms with Gasteiger partial charge in [0, 0.05) is 36.6 Å². The van der Waals surface area contributed by atoms with Crippen LogP contribution in [0.5, 0.6) is 0 Å². The summed E-state index contributed by atoms with van der Waals surface area (Å²) in [6.45, 7) is 2.04. The van der Waals surface area contributed by atoms with Crippen molar-refractivity contribution in [1.82, 2.24) is 9.97 Å². The molecule has 5 nitrogen and oxygen atoms in total. The third-order valence-electron chi connectivity index (χ3n) is 4.38. The van der Waals surface area contributed by atoms with Gasteiger partial charge in [-0.15, -0.1) is 0 Å². The van der Waals surface area contributed by atoms with Gasteiger partial charge in [0.1, 0.15) is 12.1 Å². The number of aromatic nitrogens is 2. The topological polar surface area (TPSA) is 54.2 Å². The SMILES string of the molecule is c1ccc(N2CCC(Nc3cccc(-c4ncco4)c3)CC2)nc1. The zero-order chi connectivity index (χ0) is 16.2. The molecule has 0 aliphatic carbocycles. The second kappa shape index (κ2) is 6.74. The van der Waals surface area contributed by atoms with Crippen molar-refractivity contribution in [2.75, 3.05) is 23.3 Å². The maximum atomic E-state index is 5.38. The van der Waals surface area contributed by atoms with Crippen molar-refractivity contribution in [1.29, 1.82) is 0 Å². The molecular formula is C19H20N4O. The molecule has 122 valence electrons. The van der Waals surface area contributed by atoms with E-state index in [-0.39, 0.29) is 0 Å². The van der Waals surface area contributed by atoms with Crippen LogP contribution in [0.25, 0.3) is 11.5 Å². The largest absolute Gasteiger partial charge is 0.445 e. The molecule has 0 bridgehead atoms. The van der Waals surface area contributed by atoms with Gasteiger partial charge >= 0.3 is 0 Å². The lowest BCUT2D eigenvalue weighted by Gasteiger charge is -2.33. The summed E-state index contributed by atoms with van der Waals surface area (Å²) >= 11 is 0. The van der Waals surface area contributed by atoms with E-state index in [2.05, 4.69) is 38.4 Å². The van der Waals surface area contributed by atoms with Crippen LogP contribution in [0.3, 0.4) is 0 Å². The van der Waals surface area contributed by atoms with Gasteiger partial charge in [-0.1, -0.05) is 12.1 Å². The van der Waals surface area contributed by atoms with Crippen LogP contribution in [0.1, 0.15) is 12.8 Å². The zero-order valence-corrected chi connectivity index (χ0v) is 13.4. The first-order valence-corrected chi connectivity index (χ1v) is 8.31. The third kappa shape index (κ3) is 3.25. The van der Waals surface area contributed by atoms with Crippen molar-refractivity contribution < 1.29 is 4.42 Å². The smallest absolute Gasteiger partial charge is 0.225 e. The van der Waals surface area contributed by atoms with Gasteiger partial charge < -0.3 is 14.6 Å². The third-order valence-corrected chi connectivity index (χ3v) is 4.38. The second-order valence-electron chi connectivity index (χ2n) is 6.01. The first kappa shape index (κ1) is 14.8. The van der Waals surface area contributed by atoms with E-state index in [0.29, 0.717) is 11.9 Å². The fourth-order valence-corrected chi connectivity index (χ4v) is 3.14. The van der Waals surface area contributed by atoms with E-state index in [1.54, 1.807) is 12.5 Å². The number of oxazole rings is 1. The van der Waals surface area contributed by atoms with Gasteiger partial charge in [-0.05, 0) is 43.2 Å². The lowest BCUT2D eigenvalue weighted by atomic mass is 10.0. The fraction of sp³-hybridized carbons (Fsp3) is 0.263. The van der Waals surface area contributed by atoms with Crippen molar-refractivity contribution in [3.05, 3.63) is 61.1 Å². The molecular weight excluding hydrogens is 300 g/mol. The van der Waals surface area contributed by atoms with E-state index in [4.69, 9.17) is 4.42 Å². The standard InChI is InChI=1S/C19H20N4O/c1-2-9-20-18(6-1)23-11-7-16(8-12-23)22-17-5-3-4-15(14-17)19-21-10-13-24-19/h1-6,9-10,13-14,16,22H,7-8,11-12H2. The van der Waals surface area contributed by atoms with Crippen LogP contribution >= 0.6 is 0 Å². The number of benzene rings is 1. The van der Waals surface area contributed by atoms with Gasteiger partial charge in [-0.2, -0.15) is 0 Å². The highest BCUT2D eigenvalue weighted by molar-refractivity contribution is 5.61. The summed E-state index contributed by atoms with van der Waals surface area (Å²) in [5.41, 5.74) is 2.11. The summed E-state index contributed by atoms with van der Waals surface area (Å²) in [5.74, 6) is 1.73. The highest BCUT2D eigenvalue weighted by atomic mass is 16.3. The summed E-state index contributed by atoms with van der Waals surface area (Å²) in [6.07, 6.45) is 7.32. The Kier molecular flexibility index (Phi) is 4.14. The fourth-order valence-electron chi connectivity index (χ4n) is 3.14. The van der Waals surface area contributed by atoms with Crippen molar-refractivity contribution in [2.24, 2.45) is 0 Å². The van der Waals surface area contributed by atoms with E-state index in [9.17, 15) is 0 Å². The van der Waals surface area contributed by atoms with Crippen LogP contribution in [0, 0.1) is 0 Å². The van der Waals surface area contributed by atoms with Gasteiger partial charge in [-0.25, -0.2) is 9.97 Å². The van der Waals surface area contributed by atoms with Crippen molar-refractivity contribution in [3.63, 3.8) is 0 Å². The molecule has 1 saturated heterocycles. The van der Waals surface area contributed by atoms with Gasteiger partial charge in [0.05, 0.1) is 6.20 Å². The Hall–Kier alpha value is -2.82. The van der Waals surface area contributed by atoms with E-state index < -0.39 is 0 Å². The molecule has 4 rings (SSSR count). The molecule has 3 heterocycles. The molecule has 0 saturated carbocycles. The lowest BCUT2D eigenvalue weighted by Crippen LogP contribution is -2.39. The molecule has 24 heavy (non-hydrogen) atoms. The number of pyridine rings is 1. The van der Waals surface area contributed by atoms with Crippen LogP contribution in [-0.2, 0) is 0 Å². The maximum Gasteiger partial charge on any atom is 0.225 e. The van der Waals surface area contributed by atoms with Crippen molar-refractivity contribution in [2.45, 2.75) is 18.9 Å². The number of nitrogens with zero attached hydrogens (tertiary/aromatic N) is 3. The monoisotopic (exact) mass is 320 g/mol. The normalized spacial score (nSPS) is 15.4. The van der Waals surface area contributed by atoms with E-state index in [0.717, 1.165) is 43.0 Å². The van der Waals surface area contributed by atoms with Crippen LogP contribution < -0.4 is 10.2 Å². The highest BCUT2D eigenvalue weighted by Crippen LogP contribution is 2.24. The molecule has 3 aromatic rings. The molecule has 0 radical (unpaired) electrons. The molecule has 1 aromatic carbocycles. The average molecular weight is 320 g/mol. The molecule has 0 unspecified atom stereocenters. The van der Waals surface area contributed by atoms with Gasteiger partial charge in [0.15, 0.2) is 0 Å². The predicted octanol–water partition coefficient (Wildman–Crippen LogP) is 3.82. The minimum atomic E-state index is 0.477. The number of piperidine rings is 1. The molecule has 5 heteroatoms. The van der Waals surface area contributed by atoms with E-state index in [1.807, 2.05) is 30.5 Å². The molecule has 1 N–H and O–H groups in total. The number of hydrogen-bond donors (Lipinski definition) is 1. The molecule has 0 atom stereocenters. The van der Waals surface area contributed by atoms with Crippen LogP contribution in [0.2, 0.25) is 0 Å². The van der Waals surface area contributed by atoms with Crippen LogP contribution in [0.4, 0.5) is 11.5 Å². The lowest BCUT2D eigenvalue weighted by molar-refractivity contribution is 0.523. The maximum absolute atomic E-state index is 5.38. The molecule has 0 amide bonds. The Morgan fingerprint density at radius 2 is 1.92 bits per heavy atom. The summed E-state index contributed by atoms with van der Waals surface area (Å²) in [5, 5.41) is 3.64. The quantitative estimate of drug-likeness (QED) is 0.792. The zero-order valence-electron chi connectivity index (χ0n) is 13.4. The van der Waals surface area contributed by atoms with Crippen molar-refractivity contribution >= 4 is 11.5 Å². The molecule has 0 spiro atoms. The number of anilines is 2. The van der Waals surface area contributed by atoms with E-state index >= 15 is 0 Å². The summed E-state index contributed by atoms with van der Waals surface area (Å²) in [7, 11) is 0. The Morgan fingerprint density at radius 1 is 1.00 bits per heavy atom. The minimum Gasteiger partial charge on any atom is -0.445 e. The van der Waals surface area contributed by atoms with E-state index in [1.165, 1.54) is 0 Å². The van der Waals surface area contributed by atoms with Crippen LogP contribution in [-0.4, -0.2) is 29.1 Å². The van der Waals surface area contributed by atoms with Gasteiger partial charge in [-0.3, -0.25) is 0 Å². The highest BCUT2D eigenvalue weighted by Gasteiger charge is 2.20. The first-order valence-electron chi connectivity index (χ1n) is 8.31. The summed E-state index contributed by atoms with van der Waals surface area (Å²) in [4.78, 5) is 11.0. The number of rotatable bonds is 4. The van der Waals surface area contributed by atoms with Crippen LogP contribution in [0.15, 0.2) is 65.5 Å². The number of nitrogens with one attached hydrogen (secondary N) is 1. The summed E-state index contributed by atoms with van der Waals surface area (Å²) < 4.78 is 5.38. The molecule has 1 aliphatic heterocycles. The summed E-state index contributed by atoms with van der Waals surface area (Å²) in [6, 6.07) is 14.8. The molecule has 1 aliphatic rings. The Balaban J connectivity index is 1.38. The first-order chi connectivity index (χ1) is 11.9. The Labute approximate surface area is 141 Å². The van der Waals surface area contributed by atoms with Gasteiger partial charge in [0.25, 0.3) is 0 Å². The molecule has 2 aromatic heterocycles. The minimum absolute atomic E-state index is 0.477. The van der Waals surface area contributed by atoms with Gasteiger partial charge in [0.2, 0.25) is 5.89 Å². The second-order valence-corrected chi connectivity index (χ2v) is 6.01. The Bertz CT molecular complexity index is 765. The number of hydrogen-bond acceptors (Lipinski definition) is 5. The predicted molar refractivity (Wildman–Crippen MR) is 95.0 cm³/mol. The average Bonchev–Trinajstić information content (AvgIpc) is 3.18. The Morgan fingerprint density at radius 3 is 2.67 bits per heavy atom.